The van der Waals surface area contributed by atoms with Crippen LogP contribution in [0.1, 0.15) is 61.8 Å². The summed E-state index contributed by atoms with van der Waals surface area (Å²) in [6.07, 6.45) is 1.03. The van der Waals surface area contributed by atoms with E-state index < -0.39 is 49.8 Å². The fourth-order valence-electron chi connectivity index (χ4n) is 5.65. The molecule has 2 heterocycles. The van der Waals surface area contributed by atoms with E-state index in [1.165, 1.54) is 56.1 Å². The van der Waals surface area contributed by atoms with E-state index in [0.717, 1.165) is 22.9 Å². The van der Waals surface area contributed by atoms with Crippen LogP contribution in [0.25, 0.3) is 0 Å². The van der Waals surface area contributed by atoms with Gasteiger partial charge in [-0.3, -0.25) is 9.52 Å². The van der Waals surface area contributed by atoms with Crippen LogP contribution in [0.3, 0.4) is 0 Å². The Morgan fingerprint density at radius 2 is 1.80 bits per heavy atom. The van der Waals surface area contributed by atoms with Crippen molar-refractivity contribution in [2.24, 2.45) is 5.92 Å². The smallest absolute Gasteiger partial charge is 0.267 e. The van der Waals surface area contributed by atoms with Crippen molar-refractivity contribution in [2.75, 3.05) is 38.1 Å². The van der Waals surface area contributed by atoms with Crippen LogP contribution in [0.4, 0.5) is 10.1 Å². The first-order valence-electron chi connectivity index (χ1n) is 16.1. The Balaban J connectivity index is 1.69. The number of amides is 1. The number of aliphatic hydroxyl groups excluding tert-OH is 1. The summed E-state index contributed by atoms with van der Waals surface area (Å²) in [7, 11) is -6.71. The summed E-state index contributed by atoms with van der Waals surface area (Å²) >= 11 is 0. The molecule has 0 aliphatic carbocycles. The van der Waals surface area contributed by atoms with Gasteiger partial charge in [0.05, 0.1) is 35.3 Å². The van der Waals surface area contributed by atoms with E-state index in [4.69, 9.17) is 14.0 Å². The van der Waals surface area contributed by atoms with Gasteiger partial charge in [-0.15, -0.1) is 0 Å². The topological polar surface area (TPSA) is 169 Å². The third-order valence-electron chi connectivity index (χ3n) is 8.50. The quantitative estimate of drug-likeness (QED) is 0.324. The number of halogens is 1. The summed E-state index contributed by atoms with van der Waals surface area (Å²) in [5, 5.41) is 13.9. The molecule has 0 bridgehead atoms. The summed E-state index contributed by atoms with van der Waals surface area (Å²) < 4.78 is 88.0. The number of aromatic nitrogens is 1. The molecular weight excluding hydrogens is 680 g/mol. The molecule has 0 saturated heterocycles. The molecule has 1 aliphatic rings. The van der Waals surface area contributed by atoms with Crippen molar-refractivity contribution in [1.82, 2.24) is 14.4 Å². The number of fused-ring (bicyclic) bond motifs is 1. The maximum Gasteiger partial charge on any atom is 0.267 e. The fourth-order valence-corrected chi connectivity index (χ4v) is 8.22. The number of ether oxygens (including phenoxy) is 2. The number of nitrogens with zero attached hydrogens (tertiary/aromatic N) is 3. The molecule has 270 valence electrons. The highest BCUT2D eigenvalue weighted by Crippen LogP contribution is 2.30. The van der Waals surface area contributed by atoms with Crippen LogP contribution in [-0.2, 0) is 24.8 Å². The van der Waals surface area contributed by atoms with Gasteiger partial charge >= 0.3 is 0 Å². The number of nitrogens with one attached hydrogen (secondary N) is 1. The normalized spacial score (nSPS) is 20.7. The number of carbonyl (C=O) groups is 1. The molecule has 4 atom stereocenters. The Kier molecular flexibility index (Phi) is 12.5. The highest BCUT2D eigenvalue weighted by Gasteiger charge is 2.33. The van der Waals surface area contributed by atoms with Gasteiger partial charge in [-0.25, -0.2) is 21.2 Å². The molecule has 3 aromatic rings. The van der Waals surface area contributed by atoms with Crippen LogP contribution in [0.5, 0.6) is 5.75 Å². The molecule has 49 heavy (non-hydrogen) atoms. The average molecular weight is 725 g/mol. The van der Waals surface area contributed by atoms with Gasteiger partial charge in [0, 0.05) is 38.3 Å². The van der Waals surface area contributed by atoms with Gasteiger partial charge < -0.3 is 24.0 Å². The van der Waals surface area contributed by atoms with Gasteiger partial charge in [0.2, 0.25) is 10.0 Å². The van der Waals surface area contributed by atoms with Crippen LogP contribution in [0, 0.1) is 25.6 Å². The lowest BCUT2D eigenvalue weighted by Gasteiger charge is -2.35. The summed E-state index contributed by atoms with van der Waals surface area (Å²) in [5.74, 6) is -1.16. The van der Waals surface area contributed by atoms with Crippen molar-refractivity contribution in [2.45, 2.75) is 81.9 Å². The molecule has 1 aromatic heterocycles. The van der Waals surface area contributed by atoms with E-state index in [9.17, 15) is 31.1 Å². The van der Waals surface area contributed by atoms with Crippen LogP contribution >= 0.6 is 0 Å². The zero-order valence-electron chi connectivity index (χ0n) is 28.5. The van der Waals surface area contributed by atoms with Crippen molar-refractivity contribution in [1.29, 1.82) is 0 Å². The number of anilines is 1. The Bertz CT molecular complexity index is 1800. The minimum atomic E-state index is -4.13. The molecule has 0 saturated carbocycles. The monoisotopic (exact) mass is 724 g/mol. The minimum absolute atomic E-state index is 0.0552. The minimum Gasteiger partial charge on any atom is -0.490 e. The fraction of sp³-hybridized carbons (Fsp3) is 0.515. The number of hydrogen-bond donors (Lipinski definition) is 2. The lowest BCUT2D eigenvalue weighted by molar-refractivity contribution is -0.00834. The molecule has 1 amide bonds. The Hall–Kier alpha value is -3.57. The van der Waals surface area contributed by atoms with Crippen molar-refractivity contribution in [3.05, 3.63) is 65.3 Å². The number of aryl methyl sites for hydroxylation is 2. The lowest BCUT2D eigenvalue weighted by Crippen LogP contribution is -2.48. The lowest BCUT2D eigenvalue weighted by atomic mass is 10.0. The second-order valence-electron chi connectivity index (χ2n) is 12.5. The first-order valence-corrected chi connectivity index (χ1v) is 19.0. The first-order chi connectivity index (χ1) is 23.0. The zero-order chi connectivity index (χ0) is 36.1. The Labute approximate surface area is 287 Å². The van der Waals surface area contributed by atoms with Gasteiger partial charge in [-0.2, -0.15) is 4.31 Å². The number of rotatable bonds is 9. The molecule has 2 N–H and O–H groups in total. The third-order valence-corrected chi connectivity index (χ3v) is 12.0. The molecule has 0 fully saturated rings. The standard InChI is InChI=1S/C33H45FN4O9S2/c1-21-18-38(22(2)20-39)33(40)29-17-27(36-48(41,42)32-24(4)35-47-25(32)5)12-15-30(29)46-23(3)9-7-8-16-45-31(21)19-37(6)49(43,44)28-13-10-26(34)11-14-28/h10-15,17,21-23,31,36,39H,7-9,16,18-20H2,1-6H3/t21-,22+,23-,31-/m1/s1. The van der Waals surface area contributed by atoms with Crippen molar-refractivity contribution in [3.63, 3.8) is 0 Å². The number of likely N-dealkylation sites (N-methyl/N-ethyl adjacent to an activating group) is 1. The molecule has 0 spiro atoms. The van der Waals surface area contributed by atoms with Gasteiger partial charge in [0.15, 0.2) is 10.7 Å². The number of aliphatic hydroxyl groups is 1. The van der Waals surface area contributed by atoms with Crippen LogP contribution in [0.15, 0.2) is 56.8 Å². The Morgan fingerprint density at radius 3 is 2.43 bits per heavy atom. The number of hydrogen-bond acceptors (Lipinski definition) is 10. The maximum atomic E-state index is 14.4. The second kappa shape index (κ2) is 16.0. The second-order valence-corrected chi connectivity index (χ2v) is 16.2. The largest absolute Gasteiger partial charge is 0.490 e. The van der Waals surface area contributed by atoms with Crippen molar-refractivity contribution >= 4 is 31.6 Å². The zero-order valence-corrected chi connectivity index (χ0v) is 30.2. The molecule has 1 aliphatic heterocycles. The van der Waals surface area contributed by atoms with Gasteiger partial charge in [-0.1, -0.05) is 12.1 Å². The predicted molar refractivity (Wildman–Crippen MR) is 180 cm³/mol. The average Bonchev–Trinajstić information content (AvgIpc) is 3.40. The van der Waals surface area contributed by atoms with Crippen LogP contribution in [0.2, 0.25) is 0 Å². The van der Waals surface area contributed by atoms with Crippen LogP contribution < -0.4 is 9.46 Å². The van der Waals surface area contributed by atoms with E-state index in [0.29, 0.717) is 19.4 Å². The van der Waals surface area contributed by atoms with Gasteiger partial charge in [-0.05, 0) is 89.4 Å². The van der Waals surface area contributed by atoms with Gasteiger partial charge in [0.1, 0.15) is 17.3 Å². The van der Waals surface area contributed by atoms with Crippen molar-refractivity contribution in [3.8, 4) is 5.75 Å². The highest BCUT2D eigenvalue weighted by molar-refractivity contribution is 7.92. The van der Waals surface area contributed by atoms with E-state index in [2.05, 4.69) is 9.88 Å². The molecule has 4 rings (SSSR count). The summed E-state index contributed by atoms with van der Waals surface area (Å²) in [6, 6.07) is 8.31. The summed E-state index contributed by atoms with van der Waals surface area (Å²) in [6.45, 7) is 8.31. The maximum absolute atomic E-state index is 14.4. The molecule has 0 unspecified atom stereocenters. The number of carbonyl (C=O) groups excluding carboxylic acids is 1. The highest BCUT2D eigenvalue weighted by atomic mass is 32.2. The molecule has 13 nitrogen and oxygen atoms in total. The van der Waals surface area contributed by atoms with E-state index in [-0.39, 0.29) is 64.0 Å². The predicted octanol–water partition coefficient (Wildman–Crippen LogP) is 4.35. The third kappa shape index (κ3) is 9.16. The van der Waals surface area contributed by atoms with E-state index in [1.54, 1.807) is 6.92 Å². The van der Waals surface area contributed by atoms with E-state index in [1.807, 2.05) is 13.8 Å². The van der Waals surface area contributed by atoms with E-state index >= 15 is 0 Å². The van der Waals surface area contributed by atoms with Crippen LogP contribution in [-0.4, -0.2) is 93.8 Å². The summed E-state index contributed by atoms with van der Waals surface area (Å²) in [4.78, 5) is 15.6. The molecule has 0 radical (unpaired) electrons. The Morgan fingerprint density at radius 1 is 1.10 bits per heavy atom. The summed E-state index contributed by atoms with van der Waals surface area (Å²) in [5.41, 5.74) is 0.355. The van der Waals surface area contributed by atoms with Gasteiger partial charge in [0.25, 0.3) is 15.9 Å². The number of sulfonamides is 2. The first kappa shape index (κ1) is 38.2. The molecule has 2 aromatic carbocycles. The number of benzene rings is 2. The van der Waals surface area contributed by atoms with Crippen molar-refractivity contribution < 1.29 is 45.1 Å². The molecule has 16 heteroatoms. The SMILES string of the molecule is Cc1noc(C)c1S(=O)(=O)Nc1ccc2c(c1)C(=O)N([C@@H](C)CO)C[C@@H](C)[C@@H](CN(C)S(=O)(=O)c1ccc(F)cc1)OCCCC[C@@H](C)O2. The molecular formula is C33H45FN4O9S2.